The Hall–Kier alpha value is -3.42. The number of hydrogen-bond acceptors (Lipinski definition) is 5. The van der Waals surface area contributed by atoms with Crippen LogP contribution in [0.15, 0.2) is 55.0 Å². The van der Waals surface area contributed by atoms with Gasteiger partial charge in [0.15, 0.2) is 11.5 Å². The molecule has 33 heavy (non-hydrogen) atoms. The number of piperidine rings is 1. The fourth-order valence-electron chi connectivity index (χ4n) is 4.97. The second kappa shape index (κ2) is 8.50. The maximum Gasteiger partial charge on any atom is 0.255 e. The number of carbonyl (C=O) groups excluding carboxylic acids is 1. The predicted octanol–water partition coefficient (Wildman–Crippen LogP) is 4.54. The summed E-state index contributed by atoms with van der Waals surface area (Å²) in [6.45, 7) is 1.68. The number of aromatic nitrogens is 3. The first-order valence-corrected chi connectivity index (χ1v) is 11.1. The fourth-order valence-corrected chi connectivity index (χ4v) is 4.97. The molecule has 5 rings (SSSR count). The van der Waals surface area contributed by atoms with E-state index in [-0.39, 0.29) is 24.4 Å². The highest BCUT2D eigenvalue weighted by molar-refractivity contribution is 6.01. The first-order valence-electron chi connectivity index (χ1n) is 11.1. The van der Waals surface area contributed by atoms with Crippen LogP contribution >= 0.6 is 0 Å². The highest BCUT2D eigenvalue weighted by Gasteiger charge is 2.54. The second-order valence-electron chi connectivity index (χ2n) is 8.76. The van der Waals surface area contributed by atoms with Crippen molar-refractivity contribution in [2.75, 3.05) is 6.61 Å². The average Bonchev–Trinajstić information content (AvgIpc) is 3.20. The van der Waals surface area contributed by atoms with Crippen LogP contribution in [0.2, 0.25) is 0 Å². The lowest BCUT2D eigenvalue weighted by atomic mass is 9.86. The van der Waals surface area contributed by atoms with Crippen molar-refractivity contribution >= 4 is 5.91 Å². The van der Waals surface area contributed by atoms with Gasteiger partial charge >= 0.3 is 0 Å². The van der Waals surface area contributed by atoms with Crippen molar-refractivity contribution in [1.82, 2.24) is 19.9 Å². The minimum Gasteiger partial charge on any atom is -0.474 e. The summed E-state index contributed by atoms with van der Waals surface area (Å²) in [4.78, 5) is 28.0. The molecule has 1 aromatic carbocycles. The van der Waals surface area contributed by atoms with E-state index in [1.165, 1.54) is 12.1 Å². The average molecular weight is 450 g/mol. The summed E-state index contributed by atoms with van der Waals surface area (Å²) in [5.41, 5.74) is 0.321. The van der Waals surface area contributed by atoms with Crippen LogP contribution in [0.3, 0.4) is 0 Å². The van der Waals surface area contributed by atoms with Gasteiger partial charge in [-0.05, 0) is 50.8 Å². The largest absolute Gasteiger partial charge is 0.474 e. The zero-order chi connectivity index (χ0) is 23.0. The van der Waals surface area contributed by atoms with Gasteiger partial charge in [0.1, 0.15) is 12.4 Å². The normalized spacial score (nSPS) is 24.0. The lowest BCUT2D eigenvalue weighted by Gasteiger charge is -2.43. The van der Waals surface area contributed by atoms with Crippen molar-refractivity contribution in [3.05, 3.63) is 71.9 Å². The monoisotopic (exact) mass is 450 g/mol. The quantitative estimate of drug-likeness (QED) is 0.571. The molecule has 0 radical (unpaired) electrons. The summed E-state index contributed by atoms with van der Waals surface area (Å²) in [7, 11) is 0. The number of pyridine rings is 1. The molecule has 170 valence electrons. The third kappa shape index (κ3) is 4.05. The van der Waals surface area contributed by atoms with Gasteiger partial charge in [-0.1, -0.05) is 17.7 Å². The number of aryl methyl sites for hydroxylation is 1. The summed E-state index contributed by atoms with van der Waals surface area (Å²) in [6, 6.07) is 9.28. The Morgan fingerprint density at radius 1 is 1.15 bits per heavy atom. The van der Waals surface area contributed by atoms with E-state index < -0.39 is 17.5 Å². The molecule has 0 saturated carbocycles. The molecule has 0 N–H and O–H groups in total. The van der Waals surface area contributed by atoms with Crippen LogP contribution in [-0.4, -0.2) is 50.1 Å². The van der Waals surface area contributed by atoms with Crippen molar-refractivity contribution in [2.45, 2.75) is 50.4 Å². The molecule has 8 heteroatoms. The number of ether oxygens (including phenoxy) is 1. The minimum atomic E-state index is -1.72. The molecule has 2 aliphatic rings. The third-order valence-electron chi connectivity index (χ3n) is 6.60. The van der Waals surface area contributed by atoms with E-state index in [4.69, 9.17) is 4.74 Å². The Bertz CT molecular complexity index is 1160. The van der Waals surface area contributed by atoms with Gasteiger partial charge in [0.05, 0.1) is 17.8 Å². The number of halogens is 2. The molecule has 6 nitrogen and oxygen atoms in total. The van der Waals surface area contributed by atoms with Crippen LogP contribution in [0, 0.1) is 12.7 Å². The number of fused-ring (bicyclic) bond motifs is 2. The van der Waals surface area contributed by atoms with Crippen LogP contribution in [0.5, 0.6) is 5.88 Å². The number of rotatable bonds is 5. The van der Waals surface area contributed by atoms with Gasteiger partial charge in [0.2, 0.25) is 5.88 Å². The second-order valence-corrected chi connectivity index (χ2v) is 8.76. The van der Waals surface area contributed by atoms with E-state index in [2.05, 4.69) is 15.0 Å². The summed E-state index contributed by atoms with van der Waals surface area (Å²) in [5, 5.41) is 0. The van der Waals surface area contributed by atoms with Gasteiger partial charge in [0, 0.05) is 30.1 Å². The van der Waals surface area contributed by atoms with E-state index >= 15 is 4.39 Å². The highest BCUT2D eigenvalue weighted by atomic mass is 19.1. The molecule has 2 aromatic heterocycles. The number of nitrogens with zero attached hydrogens (tertiary/aromatic N) is 4. The lowest BCUT2D eigenvalue weighted by Crippen LogP contribution is -2.58. The maximum atomic E-state index is 16.2. The molecule has 2 bridgehead atoms. The first-order chi connectivity index (χ1) is 15.9. The molecule has 3 unspecified atom stereocenters. The van der Waals surface area contributed by atoms with Gasteiger partial charge in [-0.3, -0.25) is 4.79 Å². The van der Waals surface area contributed by atoms with Crippen molar-refractivity contribution in [2.24, 2.45) is 0 Å². The van der Waals surface area contributed by atoms with E-state index in [9.17, 15) is 9.18 Å². The summed E-state index contributed by atoms with van der Waals surface area (Å²) < 4.78 is 34.9. The standard InChI is InChI=1S/C25H24F2N4O2/c1-16-3-6-19(23-28-11-2-12-29-23)20(13-16)24(32)31-18-5-7-21(31)25(27,10-9-18)15-33-22-8-4-17(26)14-30-22/h2-4,6,8,11-14,18,21H,5,7,9-10,15H2,1H3. The van der Waals surface area contributed by atoms with Gasteiger partial charge in [0.25, 0.3) is 5.91 Å². The summed E-state index contributed by atoms with van der Waals surface area (Å²) >= 11 is 0. The summed E-state index contributed by atoms with van der Waals surface area (Å²) in [5.74, 6) is -0.0759. The number of benzene rings is 1. The lowest BCUT2D eigenvalue weighted by molar-refractivity contribution is -0.0325. The molecule has 1 amide bonds. The van der Waals surface area contributed by atoms with Crippen LogP contribution in [-0.2, 0) is 0 Å². The SMILES string of the molecule is Cc1ccc(-c2ncccn2)c(C(=O)N2C3CCC2C(F)(COc2ccc(F)cn2)CC3)c1. The van der Waals surface area contributed by atoms with Crippen molar-refractivity contribution in [3.8, 4) is 17.3 Å². The van der Waals surface area contributed by atoms with E-state index in [0.29, 0.717) is 36.2 Å². The van der Waals surface area contributed by atoms with Gasteiger partial charge in [-0.15, -0.1) is 0 Å². The third-order valence-corrected chi connectivity index (χ3v) is 6.60. The van der Waals surface area contributed by atoms with Crippen molar-refractivity contribution in [1.29, 1.82) is 0 Å². The Morgan fingerprint density at radius 2 is 1.97 bits per heavy atom. The van der Waals surface area contributed by atoms with Crippen LogP contribution < -0.4 is 4.74 Å². The van der Waals surface area contributed by atoms with Gasteiger partial charge < -0.3 is 9.64 Å². The Kier molecular flexibility index (Phi) is 5.52. The maximum absolute atomic E-state index is 16.2. The van der Waals surface area contributed by atoms with E-state index in [0.717, 1.165) is 18.2 Å². The Labute approximate surface area is 190 Å². The zero-order valence-corrected chi connectivity index (χ0v) is 18.2. The van der Waals surface area contributed by atoms with Crippen molar-refractivity contribution in [3.63, 3.8) is 0 Å². The van der Waals surface area contributed by atoms with Crippen LogP contribution in [0.25, 0.3) is 11.4 Å². The summed E-state index contributed by atoms with van der Waals surface area (Å²) in [6.07, 6.45) is 6.48. The zero-order valence-electron chi connectivity index (χ0n) is 18.2. The number of carbonyl (C=O) groups is 1. The molecule has 0 spiro atoms. The number of amides is 1. The minimum absolute atomic E-state index is 0.0135. The van der Waals surface area contributed by atoms with Gasteiger partial charge in [-0.25, -0.2) is 23.7 Å². The fraction of sp³-hybridized carbons (Fsp3) is 0.360. The molecule has 2 aliphatic heterocycles. The van der Waals surface area contributed by atoms with Crippen molar-refractivity contribution < 1.29 is 18.3 Å². The Balaban J connectivity index is 1.43. The molecule has 2 fully saturated rings. The topological polar surface area (TPSA) is 68.2 Å². The molecule has 3 aromatic rings. The molecular formula is C25H24F2N4O2. The molecular weight excluding hydrogens is 426 g/mol. The number of alkyl halides is 1. The van der Waals surface area contributed by atoms with E-state index in [1.807, 2.05) is 25.1 Å². The predicted molar refractivity (Wildman–Crippen MR) is 118 cm³/mol. The smallest absolute Gasteiger partial charge is 0.255 e. The molecule has 0 aliphatic carbocycles. The van der Waals surface area contributed by atoms with Crippen LogP contribution in [0.4, 0.5) is 8.78 Å². The van der Waals surface area contributed by atoms with Crippen LogP contribution in [0.1, 0.15) is 41.6 Å². The molecule has 4 heterocycles. The van der Waals surface area contributed by atoms with Gasteiger partial charge in [-0.2, -0.15) is 0 Å². The Morgan fingerprint density at radius 3 is 2.73 bits per heavy atom. The first kappa shape index (κ1) is 21.4. The highest BCUT2D eigenvalue weighted by Crippen LogP contribution is 2.45. The number of hydrogen-bond donors (Lipinski definition) is 0. The molecule has 2 saturated heterocycles. The van der Waals surface area contributed by atoms with E-state index in [1.54, 1.807) is 23.4 Å². The molecule has 3 atom stereocenters.